The van der Waals surface area contributed by atoms with Gasteiger partial charge in [-0.3, -0.25) is 14.4 Å². The number of aromatic nitrogens is 3. The number of para-hydroxylation sites is 1. The molecule has 6 atom stereocenters. The molecule has 3 fully saturated rings. The van der Waals surface area contributed by atoms with Gasteiger partial charge in [-0.25, -0.2) is 4.68 Å². The lowest BCUT2D eigenvalue weighted by Gasteiger charge is -2.39. The molecule has 1 N–H and O–H groups in total. The average Bonchev–Trinajstić information content (AvgIpc) is 3.70. The van der Waals surface area contributed by atoms with Crippen LogP contribution in [-0.2, 0) is 25.8 Å². The summed E-state index contributed by atoms with van der Waals surface area (Å²) in [5.74, 6) is -2.21. The van der Waals surface area contributed by atoms with Gasteiger partial charge in [0, 0.05) is 19.6 Å². The lowest BCUT2D eigenvalue weighted by molar-refractivity contribution is -0.157. The number of amides is 3. The van der Waals surface area contributed by atoms with Crippen LogP contribution >= 0.6 is 0 Å². The van der Waals surface area contributed by atoms with E-state index in [4.69, 9.17) is 4.74 Å². The van der Waals surface area contributed by atoms with E-state index in [-0.39, 0.29) is 43.5 Å². The molecule has 0 saturated carbocycles. The fourth-order valence-electron chi connectivity index (χ4n) is 7.88. The Hall–Kier alpha value is -3.57. The molecule has 3 saturated heterocycles. The normalized spacial score (nSPS) is 28.0. The van der Waals surface area contributed by atoms with Crippen molar-refractivity contribution in [2.75, 3.05) is 26.2 Å². The highest BCUT2D eigenvalue weighted by Crippen LogP contribution is 2.64. The molecule has 3 amide bonds. The van der Waals surface area contributed by atoms with Crippen LogP contribution in [0.15, 0.2) is 49.6 Å². The van der Waals surface area contributed by atoms with Gasteiger partial charge in [0.15, 0.2) is 0 Å². The minimum atomic E-state index is -1.20. The molecule has 11 heteroatoms. The molecule has 3 aliphatic heterocycles. The van der Waals surface area contributed by atoms with Crippen molar-refractivity contribution in [2.24, 2.45) is 17.8 Å². The number of carbonyl (C=O) groups is 3. The van der Waals surface area contributed by atoms with Crippen LogP contribution in [0.2, 0.25) is 0 Å². The molecule has 1 spiro atoms. The maximum Gasteiger partial charge on any atom is 0.250 e. The van der Waals surface area contributed by atoms with Crippen LogP contribution in [-0.4, -0.2) is 102 Å². The first-order valence-corrected chi connectivity index (χ1v) is 15.8. The second kappa shape index (κ2) is 12.4. The second-order valence-corrected chi connectivity index (χ2v) is 13.1. The quantitative estimate of drug-likeness (QED) is 0.328. The van der Waals surface area contributed by atoms with Crippen LogP contribution in [0.25, 0.3) is 11.0 Å². The molecule has 1 aromatic carbocycles. The van der Waals surface area contributed by atoms with Gasteiger partial charge >= 0.3 is 0 Å². The molecular weight excluding hydrogens is 560 g/mol. The van der Waals surface area contributed by atoms with Crippen molar-refractivity contribution in [1.29, 1.82) is 0 Å². The molecule has 0 aliphatic carbocycles. The Kier molecular flexibility index (Phi) is 9.00. The Morgan fingerprint density at radius 1 is 1.16 bits per heavy atom. The number of carbonyl (C=O) groups excluding carboxylic acids is 3. The highest BCUT2D eigenvalue weighted by Gasteiger charge is 2.78. The lowest BCUT2D eigenvalue weighted by Crippen LogP contribution is -2.59. The Balaban J connectivity index is 1.59. The van der Waals surface area contributed by atoms with Crippen molar-refractivity contribution in [2.45, 2.75) is 83.3 Å². The van der Waals surface area contributed by atoms with Crippen molar-refractivity contribution in [1.82, 2.24) is 29.7 Å². The van der Waals surface area contributed by atoms with Crippen molar-refractivity contribution >= 4 is 28.8 Å². The molecule has 2 bridgehead atoms. The van der Waals surface area contributed by atoms with Crippen LogP contribution in [0, 0.1) is 17.8 Å². The van der Waals surface area contributed by atoms with E-state index in [2.05, 4.69) is 23.5 Å². The van der Waals surface area contributed by atoms with E-state index in [9.17, 15) is 19.5 Å². The van der Waals surface area contributed by atoms with Gasteiger partial charge < -0.3 is 24.5 Å². The summed E-state index contributed by atoms with van der Waals surface area (Å²) in [5, 5.41) is 19.2. The SMILES string of the molecule is C=CCN(Cn1nnc2ccccc21)C(=O)C1N([C@@H](CO)CC(C)C)C(=O)[C@@H]2[C@H](C(=O)N(CC=C)CCC)[C@]3(C)CCC12O3. The zero-order valence-electron chi connectivity index (χ0n) is 26.4. The largest absolute Gasteiger partial charge is 0.394 e. The van der Waals surface area contributed by atoms with E-state index in [1.165, 1.54) is 0 Å². The maximum atomic E-state index is 14.9. The summed E-state index contributed by atoms with van der Waals surface area (Å²) in [6.45, 7) is 16.5. The van der Waals surface area contributed by atoms with Gasteiger partial charge in [0.1, 0.15) is 23.8 Å². The van der Waals surface area contributed by atoms with Crippen LogP contribution in [0.5, 0.6) is 0 Å². The molecule has 1 aromatic heterocycles. The number of nitrogens with zero attached hydrogens (tertiary/aromatic N) is 6. The number of hydrogen-bond donors (Lipinski definition) is 1. The number of likely N-dealkylation sites (tertiary alicyclic amines) is 1. The van der Waals surface area contributed by atoms with E-state index >= 15 is 0 Å². The number of ether oxygens (including phenoxy) is 1. The van der Waals surface area contributed by atoms with E-state index in [1.54, 1.807) is 31.5 Å². The second-order valence-electron chi connectivity index (χ2n) is 13.1. The summed E-state index contributed by atoms with van der Waals surface area (Å²) in [6.07, 6.45) is 5.60. The average molecular weight is 607 g/mol. The zero-order valence-corrected chi connectivity index (χ0v) is 26.4. The molecule has 11 nitrogen and oxygen atoms in total. The van der Waals surface area contributed by atoms with Crippen molar-refractivity contribution in [3.8, 4) is 0 Å². The summed E-state index contributed by atoms with van der Waals surface area (Å²) in [5.41, 5.74) is -0.626. The number of aliphatic hydroxyl groups is 1. The van der Waals surface area contributed by atoms with Gasteiger partial charge in [0.2, 0.25) is 17.7 Å². The summed E-state index contributed by atoms with van der Waals surface area (Å²) >= 11 is 0. The molecule has 2 unspecified atom stereocenters. The molecule has 0 radical (unpaired) electrons. The number of rotatable bonds is 14. The first-order valence-electron chi connectivity index (χ1n) is 15.8. The minimum absolute atomic E-state index is 0.0852. The van der Waals surface area contributed by atoms with E-state index in [0.717, 1.165) is 11.9 Å². The summed E-state index contributed by atoms with van der Waals surface area (Å²) in [6, 6.07) is 5.87. The Labute approximate surface area is 259 Å². The van der Waals surface area contributed by atoms with Gasteiger partial charge in [-0.1, -0.05) is 50.3 Å². The van der Waals surface area contributed by atoms with Gasteiger partial charge in [0.25, 0.3) is 0 Å². The van der Waals surface area contributed by atoms with Crippen molar-refractivity contribution in [3.63, 3.8) is 0 Å². The zero-order chi connectivity index (χ0) is 31.8. The van der Waals surface area contributed by atoms with E-state index in [0.29, 0.717) is 37.9 Å². The Morgan fingerprint density at radius 3 is 2.52 bits per heavy atom. The molecule has 238 valence electrons. The summed E-state index contributed by atoms with van der Waals surface area (Å²) in [4.78, 5) is 48.7. The van der Waals surface area contributed by atoms with Gasteiger partial charge in [-0.05, 0) is 50.7 Å². The minimum Gasteiger partial charge on any atom is -0.394 e. The predicted octanol–water partition coefficient (Wildman–Crippen LogP) is 3.00. The number of fused-ring (bicyclic) bond motifs is 2. The predicted molar refractivity (Wildman–Crippen MR) is 166 cm³/mol. The standard InChI is InChI=1S/C33H46N6O5/c1-7-16-36(17-8-2)29(41)26-27-30(42)39(23(20-40)19-22(4)5)28(33(27)15-14-32(26,6)44-33)31(43)37(18-9-3)21-38-25-13-11-10-12-24(25)34-35-38/h7,9-13,22-23,26-28,40H,1,3,8,14-21H2,2,4-6H3/t23-,26-,27+,28?,32+,33?/m1/s1. The van der Waals surface area contributed by atoms with Crippen LogP contribution < -0.4 is 0 Å². The molecular formula is C33H46N6O5. The smallest absolute Gasteiger partial charge is 0.250 e. The van der Waals surface area contributed by atoms with Crippen LogP contribution in [0.3, 0.4) is 0 Å². The number of hydrogen-bond acceptors (Lipinski definition) is 7. The monoisotopic (exact) mass is 606 g/mol. The lowest BCUT2D eigenvalue weighted by atomic mass is 9.66. The highest BCUT2D eigenvalue weighted by molar-refractivity contribution is 5.99. The van der Waals surface area contributed by atoms with Gasteiger partial charge in [-0.15, -0.1) is 18.3 Å². The third-order valence-electron chi connectivity index (χ3n) is 9.60. The third-order valence-corrected chi connectivity index (χ3v) is 9.60. The fraction of sp³-hybridized carbons (Fsp3) is 0.606. The summed E-state index contributed by atoms with van der Waals surface area (Å²) < 4.78 is 8.51. The van der Waals surface area contributed by atoms with Crippen molar-refractivity contribution < 1.29 is 24.2 Å². The molecule has 2 aromatic rings. The van der Waals surface area contributed by atoms with E-state index < -0.39 is 35.1 Å². The van der Waals surface area contributed by atoms with Crippen LogP contribution in [0.1, 0.15) is 53.4 Å². The van der Waals surface area contributed by atoms with Gasteiger partial charge in [-0.2, -0.15) is 0 Å². The first kappa shape index (κ1) is 31.8. The van der Waals surface area contributed by atoms with Crippen molar-refractivity contribution in [3.05, 3.63) is 49.6 Å². The molecule has 5 rings (SSSR count). The highest BCUT2D eigenvalue weighted by atomic mass is 16.5. The van der Waals surface area contributed by atoms with E-state index in [1.807, 2.05) is 52.0 Å². The number of benzene rings is 1. The first-order chi connectivity index (χ1) is 21.1. The van der Waals surface area contributed by atoms with Gasteiger partial charge in [0.05, 0.1) is 35.6 Å². The Morgan fingerprint density at radius 2 is 1.86 bits per heavy atom. The third kappa shape index (κ3) is 5.13. The fourth-order valence-corrected chi connectivity index (χ4v) is 7.88. The molecule has 3 aliphatic rings. The number of aliphatic hydroxyl groups excluding tert-OH is 1. The summed E-state index contributed by atoms with van der Waals surface area (Å²) in [7, 11) is 0. The maximum absolute atomic E-state index is 14.9. The Bertz CT molecular complexity index is 1420. The topological polar surface area (TPSA) is 121 Å². The molecule has 44 heavy (non-hydrogen) atoms. The molecule has 4 heterocycles. The van der Waals surface area contributed by atoms with Crippen LogP contribution in [0.4, 0.5) is 0 Å².